The summed E-state index contributed by atoms with van der Waals surface area (Å²) in [6.07, 6.45) is 5.20. The molecule has 16 heavy (non-hydrogen) atoms. The van der Waals surface area contributed by atoms with Crippen molar-refractivity contribution in [2.75, 3.05) is 20.1 Å². The summed E-state index contributed by atoms with van der Waals surface area (Å²) in [6, 6.07) is -0.0567. The molecule has 1 aliphatic rings. The van der Waals surface area contributed by atoms with Crippen LogP contribution in [0.5, 0.6) is 0 Å². The number of oxazole rings is 1. The fourth-order valence-electron chi connectivity index (χ4n) is 2.14. The molecule has 1 aromatic heterocycles. The molecule has 0 radical (unpaired) electrons. The molecule has 0 saturated carbocycles. The molecule has 4 heteroatoms. The molecule has 0 aliphatic carbocycles. The second kappa shape index (κ2) is 4.97. The van der Waals surface area contributed by atoms with Crippen molar-refractivity contribution in [1.82, 2.24) is 9.88 Å². The predicted molar refractivity (Wildman–Crippen MR) is 63.0 cm³/mol. The van der Waals surface area contributed by atoms with Crippen molar-refractivity contribution >= 4 is 0 Å². The molecule has 1 fully saturated rings. The van der Waals surface area contributed by atoms with E-state index in [1.165, 1.54) is 25.9 Å². The van der Waals surface area contributed by atoms with Gasteiger partial charge in [0, 0.05) is 6.42 Å². The van der Waals surface area contributed by atoms with Crippen LogP contribution in [-0.4, -0.2) is 30.0 Å². The number of likely N-dealkylation sites (tertiary alicyclic amines) is 1. The second-order valence-electron chi connectivity index (χ2n) is 4.90. The van der Waals surface area contributed by atoms with Gasteiger partial charge in [-0.2, -0.15) is 0 Å². The molecule has 4 nitrogen and oxygen atoms in total. The van der Waals surface area contributed by atoms with Crippen molar-refractivity contribution in [2.45, 2.75) is 32.2 Å². The first-order chi connectivity index (χ1) is 7.65. The fourth-order valence-corrected chi connectivity index (χ4v) is 2.14. The highest BCUT2D eigenvalue weighted by atomic mass is 16.4. The van der Waals surface area contributed by atoms with Crippen LogP contribution < -0.4 is 5.73 Å². The zero-order chi connectivity index (χ0) is 11.5. The second-order valence-corrected chi connectivity index (χ2v) is 4.90. The molecular weight excluding hydrogens is 202 g/mol. The molecule has 0 amide bonds. The van der Waals surface area contributed by atoms with E-state index in [9.17, 15) is 0 Å². The maximum atomic E-state index is 5.74. The van der Waals surface area contributed by atoms with Gasteiger partial charge >= 0.3 is 0 Å². The number of nitrogens with two attached hydrogens (primary N) is 1. The molecule has 2 heterocycles. The Hall–Kier alpha value is -0.870. The van der Waals surface area contributed by atoms with E-state index in [0.717, 1.165) is 24.0 Å². The molecule has 1 atom stereocenters. The van der Waals surface area contributed by atoms with Crippen LogP contribution in [0.1, 0.15) is 37.5 Å². The zero-order valence-electron chi connectivity index (χ0n) is 10.1. The van der Waals surface area contributed by atoms with Crippen LogP contribution in [0.15, 0.2) is 10.6 Å². The Morgan fingerprint density at radius 1 is 1.56 bits per heavy atom. The molecule has 2 N–H and O–H groups in total. The number of piperidine rings is 1. The van der Waals surface area contributed by atoms with Gasteiger partial charge in [0.2, 0.25) is 0 Å². The molecule has 1 aliphatic heterocycles. The first kappa shape index (κ1) is 11.6. The molecule has 1 aromatic rings. The standard InChI is InChI=1S/C12H21N3O/c1-9(13)11-8-14-12(16-11)7-10-3-5-15(2)6-4-10/h8-10H,3-7,13H2,1-2H3. The smallest absolute Gasteiger partial charge is 0.194 e. The summed E-state index contributed by atoms with van der Waals surface area (Å²) in [6.45, 7) is 4.29. The number of nitrogens with zero attached hydrogens (tertiary/aromatic N) is 2. The van der Waals surface area contributed by atoms with E-state index < -0.39 is 0 Å². The molecule has 0 aromatic carbocycles. The van der Waals surface area contributed by atoms with Gasteiger partial charge in [-0.1, -0.05) is 0 Å². The monoisotopic (exact) mass is 223 g/mol. The summed E-state index contributed by atoms with van der Waals surface area (Å²) >= 11 is 0. The lowest BCUT2D eigenvalue weighted by Gasteiger charge is -2.28. The number of aromatic nitrogens is 1. The summed E-state index contributed by atoms with van der Waals surface area (Å²) in [5.74, 6) is 2.36. The van der Waals surface area contributed by atoms with E-state index in [-0.39, 0.29) is 6.04 Å². The summed E-state index contributed by atoms with van der Waals surface area (Å²) in [4.78, 5) is 6.66. The third-order valence-electron chi connectivity index (χ3n) is 3.32. The van der Waals surface area contributed by atoms with Gasteiger partial charge in [-0.25, -0.2) is 4.98 Å². The maximum Gasteiger partial charge on any atom is 0.194 e. The number of hydrogen-bond acceptors (Lipinski definition) is 4. The van der Waals surface area contributed by atoms with Gasteiger partial charge in [-0.3, -0.25) is 0 Å². The molecule has 0 bridgehead atoms. The fraction of sp³-hybridized carbons (Fsp3) is 0.750. The quantitative estimate of drug-likeness (QED) is 0.845. The zero-order valence-corrected chi connectivity index (χ0v) is 10.1. The van der Waals surface area contributed by atoms with Crippen LogP contribution in [-0.2, 0) is 6.42 Å². The van der Waals surface area contributed by atoms with Crippen molar-refractivity contribution in [3.8, 4) is 0 Å². The Bertz CT molecular complexity index is 327. The van der Waals surface area contributed by atoms with Gasteiger partial charge in [-0.15, -0.1) is 0 Å². The van der Waals surface area contributed by atoms with Crippen LogP contribution >= 0.6 is 0 Å². The minimum absolute atomic E-state index is 0.0567. The van der Waals surface area contributed by atoms with Crippen molar-refractivity contribution in [3.05, 3.63) is 17.8 Å². The minimum Gasteiger partial charge on any atom is -0.444 e. The highest BCUT2D eigenvalue weighted by Crippen LogP contribution is 2.21. The van der Waals surface area contributed by atoms with Crippen molar-refractivity contribution in [1.29, 1.82) is 0 Å². The third kappa shape index (κ3) is 2.83. The molecule has 1 unspecified atom stereocenters. The first-order valence-electron chi connectivity index (χ1n) is 6.04. The lowest BCUT2D eigenvalue weighted by Crippen LogP contribution is -2.30. The Morgan fingerprint density at radius 2 is 2.25 bits per heavy atom. The van der Waals surface area contributed by atoms with Gasteiger partial charge in [0.1, 0.15) is 5.76 Å². The van der Waals surface area contributed by atoms with Crippen LogP contribution in [0.4, 0.5) is 0 Å². The van der Waals surface area contributed by atoms with Gasteiger partial charge in [0.05, 0.1) is 12.2 Å². The Labute approximate surface area is 96.8 Å². The van der Waals surface area contributed by atoms with Crippen molar-refractivity contribution in [2.24, 2.45) is 11.7 Å². The molecule has 2 rings (SSSR count). The number of rotatable bonds is 3. The highest BCUT2D eigenvalue weighted by molar-refractivity contribution is 4.99. The molecule has 0 spiro atoms. The van der Waals surface area contributed by atoms with Gasteiger partial charge < -0.3 is 15.1 Å². The normalized spacial score (nSPS) is 21.2. The van der Waals surface area contributed by atoms with Crippen LogP contribution in [0.3, 0.4) is 0 Å². The Morgan fingerprint density at radius 3 is 2.81 bits per heavy atom. The van der Waals surface area contributed by atoms with Crippen LogP contribution in [0.2, 0.25) is 0 Å². The first-order valence-corrected chi connectivity index (χ1v) is 6.04. The highest BCUT2D eigenvalue weighted by Gasteiger charge is 2.19. The summed E-state index contributed by atoms with van der Waals surface area (Å²) in [7, 11) is 2.18. The van der Waals surface area contributed by atoms with Crippen LogP contribution in [0, 0.1) is 5.92 Å². The average molecular weight is 223 g/mol. The van der Waals surface area contributed by atoms with Gasteiger partial charge in [0.15, 0.2) is 5.89 Å². The van der Waals surface area contributed by atoms with Gasteiger partial charge in [0.25, 0.3) is 0 Å². The van der Waals surface area contributed by atoms with Gasteiger partial charge in [-0.05, 0) is 45.8 Å². The van der Waals surface area contributed by atoms with Crippen molar-refractivity contribution in [3.63, 3.8) is 0 Å². The van der Waals surface area contributed by atoms with E-state index >= 15 is 0 Å². The van der Waals surface area contributed by atoms with E-state index in [4.69, 9.17) is 10.2 Å². The van der Waals surface area contributed by atoms with E-state index in [2.05, 4.69) is 16.9 Å². The number of hydrogen-bond donors (Lipinski definition) is 1. The Balaban J connectivity index is 1.88. The largest absolute Gasteiger partial charge is 0.444 e. The van der Waals surface area contributed by atoms with Crippen LogP contribution in [0.25, 0.3) is 0 Å². The molecule has 90 valence electrons. The molecule has 1 saturated heterocycles. The van der Waals surface area contributed by atoms with E-state index in [0.29, 0.717) is 0 Å². The SMILES string of the molecule is CC(N)c1cnc(CC2CCN(C)CC2)o1. The minimum atomic E-state index is -0.0567. The maximum absolute atomic E-state index is 5.74. The molecular formula is C12H21N3O. The van der Waals surface area contributed by atoms with E-state index in [1.54, 1.807) is 6.20 Å². The summed E-state index contributed by atoms with van der Waals surface area (Å²) in [5, 5.41) is 0. The lowest BCUT2D eigenvalue weighted by molar-refractivity contribution is 0.211. The average Bonchev–Trinajstić information content (AvgIpc) is 2.70. The predicted octanol–water partition coefficient (Wildman–Crippen LogP) is 1.58. The summed E-state index contributed by atoms with van der Waals surface area (Å²) in [5.41, 5.74) is 5.74. The summed E-state index contributed by atoms with van der Waals surface area (Å²) < 4.78 is 5.62. The third-order valence-corrected chi connectivity index (χ3v) is 3.32. The lowest BCUT2D eigenvalue weighted by atomic mass is 9.94. The van der Waals surface area contributed by atoms with Crippen molar-refractivity contribution < 1.29 is 4.42 Å². The van der Waals surface area contributed by atoms with E-state index in [1.807, 2.05) is 6.92 Å². The topological polar surface area (TPSA) is 55.3 Å². The Kier molecular flexibility index (Phi) is 3.61.